The Bertz CT molecular complexity index is 1170. The number of hydrogen-bond acceptors (Lipinski definition) is 8. The number of aromatic hydroxyl groups is 4. The Balaban J connectivity index is 1.36. The van der Waals surface area contributed by atoms with Crippen LogP contribution in [0.3, 0.4) is 0 Å². The lowest BCUT2D eigenvalue weighted by Crippen LogP contribution is -2.55. The van der Waals surface area contributed by atoms with Crippen molar-refractivity contribution in [2.24, 2.45) is 0 Å². The van der Waals surface area contributed by atoms with Gasteiger partial charge in [0, 0.05) is 50.3 Å². The van der Waals surface area contributed by atoms with Gasteiger partial charge in [-0.05, 0) is 96.5 Å². The van der Waals surface area contributed by atoms with E-state index in [1.165, 1.54) is 0 Å². The molecule has 0 spiro atoms. The molecule has 0 radical (unpaired) electrons. The molecule has 8 nitrogen and oxygen atoms in total. The molecule has 1 heterocycles. The van der Waals surface area contributed by atoms with Crippen molar-refractivity contribution in [3.63, 3.8) is 0 Å². The van der Waals surface area contributed by atoms with Crippen LogP contribution in [0.1, 0.15) is 22.3 Å². The summed E-state index contributed by atoms with van der Waals surface area (Å²) in [4.78, 5) is 0. The van der Waals surface area contributed by atoms with Crippen LogP contribution in [-0.2, 0) is 25.7 Å². The number of phenols is 4. The molecule has 1 aliphatic heterocycles. The smallest absolute Gasteiger partial charge is 0.115 e. The highest BCUT2D eigenvalue weighted by atomic mass is 16.3. The Morgan fingerprint density at radius 2 is 0.523 bits per heavy atom. The molecule has 1 aliphatic rings. The van der Waals surface area contributed by atoms with Crippen molar-refractivity contribution in [3.05, 3.63) is 119 Å². The Hall–Kier alpha value is -4.08. The highest BCUT2D eigenvalue weighted by Gasteiger charge is 2.21. The van der Waals surface area contributed by atoms with Crippen LogP contribution in [0.15, 0.2) is 97.1 Å². The van der Waals surface area contributed by atoms with Crippen molar-refractivity contribution in [1.29, 1.82) is 0 Å². The van der Waals surface area contributed by atoms with Crippen LogP contribution < -0.4 is 21.3 Å². The SMILES string of the molecule is Oc1ccc(C[C@@H]2CN[C@H](Cc3ccc(O)cc3)CN[C@H](Cc3ccc(O)cc3)CN[C@H](Cc3ccc(O)cc3)CN2)cc1. The zero-order valence-electron chi connectivity index (χ0n) is 25.0. The van der Waals surface area contributed by atoms with Crippen LogP contribution >= 0.6 is 0 Å². The van der Waals surface area contributed by atoms with Crippen LogP contribution in [0.2, 0.25) is 0 Å². The zero-order chi connectivity index (χ0) is 30.7. The maximum absolute atomic E-state index is 9.80. The molecule has 8 N–H and O–H groups in total. The summed E-state index contributed by atoms with van der Waals surface area (Å²) in [7, 11) is 0. The van der Waals surface area contributed by atoms with Crippen molar-refractivity contribution < 1.29 is 20.4 Å². The van der Waals surface area contributed by atoms with Crippen LogP contribution in [0, 0.1) is 0 Å². The minimum absolute atomic E-state index is 0.151. The van der Waals surface area contributed by atoms with E-state index in [0.29, 0.717) is 0 Å². The Kier molecular flexibility index (Phi) is 11.1. The average molecular weight is 597 g/mol. The van der Waals surface area contributed by atoms with Gasteiger partial charge in [-0.3, -0.25) is 0 Å². The van der Waals surface area contributed by atoms with E-state index in [2.05, 4.69) is 21.3 Å². The molecule has 4 aromatic rings. The van der Waals surface area contributed by atoms with Crippen molar-refractivity contribution in [2.45, 2.75) is 49.9 Å². The van der Waals surface area contributed by atoms with Gasteiger partial charge in [0.05, 0.1) is 0 Å². The van der Waals surface area contributed by atoms with Gasteiger partial charge < -0.3 is 41.7 Å². The minimum Gasteiger partial charge on any atom is -0.508 e. The Morgan fingerprint density at radius 1 is 0.341 bits per heavy atom. The molecule has 44 heavy (non-hydrogen) atoms. The van der Waals surface area contributed by atoms with Crippen molar-refractivity contribution in [2.75, 3.05) is 26.2 Å². The third-order valence-electron chi connectivity index (χ3n) is 8.29. The second-order valence-corrected chi connectivity index (χ2v) is 11.9. The fourth-order valence-electron chi connectivity index (χ4n) is 5.77. The van der Waals surface area contributed by atoms with Gasteiger partial charge in [0.15, 0.2) is 0 Å². The van der Waals surface area contributed by atoms with E-state index in [1.54, 1.807) is 48.5 Å². The molecular formula is C36H44N4O4. The van der Waals surface area contributed by atoms with Crippen molar-refractivity contribution in [1.82, 2.24) is 21.3 Å². The first-order chi connectivity index (χ1) is 21.4. The first kappa shape index (κ1) is 31.3. The molecule has 0 unspecified atom stereocenters. The predicted molar refractivity (Wildman–Crippen MR) is 174 cm³/mol. The molecule has 0 amide bonds. The molecule has 4 aromatic carbocycles. The number of hydrogen-bond donors (Lipinski definition) is 8. The lowest BCUT2D eigenvalue weighted by Gasteiger charge is -2.31. The Labute approximate surface area is 259 Å². The molecule has 0 saturated carbocycles. The topological polar surface area (TPSA) is 129 Å². The van der Waals surface area contributed by atoms with Gasteiger partial charge in [-0.15, -0.1) is 0 Å². The average Bonchev–Trinajstić information content (AvgIpc) is 3.02. The van der Waals surface area contributed by atoms with Gasteiger partial charge in [0.1, 0.15) is 23.0 Å². The van der Waals surface area contributed by atoms with Crippen LogP contribution in [-0.4, -0.2) is 70.8 Å². The third-order valence-corrected chi connectivity index (χ3v) is 8.29. The summed E-state index contributed by atoms with van der Waals surface area (Å²) in [5, 5.41) is 54.5. The Morgan fingerprint density at radius 3 is 0.705 bits per heavy atom. The predicted octanol–water partition coefficient (Wildman–Crippen LogP) is 3.63. The molecule has 5 rings (SSSR count). The molecule has 0 aliphatic carbocycles. The summed E-state index contributed by atoms with van der Waals surface area (Å²) in [6, 6.07) is 30.3. The molecule has 0 bridgehead atoms. The highest BCUT2D eigenvalue weighted by Crippen LogP contribution is 2.16. The lowest BCUT2D eigenvalue weighted by molar-refractivity contribution is 0.342. The molecule has 1 fully saturated rings. The first-order valence-electron chi connectivity index (χ1n) is 15.4. The van der Waals surface area contributed by atoms with E-state index in [-0.39, 0.29) is 47.2 Å². The zero-order valence-corrected chi connectivity index (χ0v) is 25.0. The van der Waals surface area contributed by atoms with E-state index in [0.717, 1.165) is 74.1 Å². The standard InChI is InChI=1S/C36H44N4O4/c41-33-9-1-25(2-10-33)17-29-21-38-31(19-27-5-13-35(43)14-6-27)23-40-32(20-28-7-15-36(44)16-8-28)24-39-30(22-37-29)18-26-3-11-34(42)12-4-26/h1-16,29-32,37-44H,17-24H2/t29-,30-,31-,32-/m1/s1. The summed E-state index contributed by atoms with van der Waals surface area (Å²) < 4.78 is 0. The number of benzene rings is 4. The van der Waals surface area contributed by atoms with Crippen LogP contribution in [0.25, 0.3) is 0 Å². The van der Waals surface area contributed by atoms with Crippen LogP contribution in [0.5, 0.6) is 23.0 Å². The summed E-state index contributed by atoms with van der Waals surface area (Å²) >= 11 is 0. The maximum atomic E-state index is 9.80. The quantitative estimate of drug-likeness (QED) is 0.155. The highest BCUT2D eigenvalue weighted by molar-refractivity contribution is 5.29. The van der Waals surface area contributed by atoms with Gasteiger partial charge in [-0.1, -0.05) is 48.5 Å². The van der Waals surface area contributed by atoms with E-state index < -0.39 is 0 Å². The summed E-state index contributed by atoms with van der Waals surface area (Å²) in [6.45, 7) is 3.00. The first-order valence-corrected chi connectivity index (χ1v) is 15.4. The third kappa shape index (κ3) is 9.99. The second kappa shape index (κ2) is 15.6. The molecule has 232 valence electrons. The second-order valence-electron chi connectivity index (χ2n) is 11.9. The summed E-state index contributed by atoms with van der Waals surface area (Å²) in [5.41, 5.74) is 4.61. The summed E-state index contributed by atoms with van der Waals surface area (Å²) in [6.07, 6.45) is 3.23. The van der Waals surface area contributed by atoms with Gasteiger partial charge >= 0.3 is 0 Å². The van der Waals surface area contributed by atoms with E-state index in [1.807, 2.05) is 48.5 Å². The van der Waals surface area contributed by atoms with Crippen LogP contribution in [0.4, 0.5) is 0 Å². The van der Waals surface area contributed by atoms with E-state index in [9.17, 15) is 20.4 Å². The normalized spacial score (nSPS) is 21.6. The number of phenolic OH excluding ortho intramolecular Hbond substituents is 4. The van der Waals surface area contributed by atoms with E-state index in [4.69, 9.17) is 0 Å². The van der Waals surface area contributed by atoms with Crippen molar-refractivity contribution >= 4 is 0 Å². The molecule has 1 saturated heterocycles. The van der Waals surface area contributed by atoms with Crippen molar-refractivity contribution in [3.8, 4) is 23.0 Å². The van der Waals surface area contributed by atoms with Gasteiger partial charge in [-0.25, -0.2) is 0 Å². The van der Waals surface area contributed by atoms with Gasteiger partial charge in [0.25, 0.3) is 0 Å². The maximum Gasteiger partial charge on any atom is 0.115 e. The molecule has 0 aromatic heterocycles. The number of nitrogens with one attached hydrogen (secondary N) is 4. The molecular weight excluding hydrogens is 552 g/mol. The number of rotatable bonds is 8. The summed E-state index contributed by atoms with van der Waals surface area (Å²) in [5.74, 6) is 1.05. The molecule has 4 atom stereocenters. The van der Waals surface area contributed by atoms with Gasteiger partial charge in [0.2, 0.25) is 0 Å². The van der Waals surface area contributed by atoms with E-state index >= 15 is 0 Å². The fraction of sp³-hybridized carbons (Fsp3) is 0.333. The van der Waals surface area contributed by atoms with Gasteiger partial charge in [-0.2, -0.15) is 0 Å². The molecule has 8 heteroatoms. The fourth-order valence-corrected chi connectivity index (χ4v) is 5.77. The lowest BCUT2D eigenvalue weighted by atomic mass is 10.00. The largest absolute Gasteiger partial charge is 0.508 e. The monoisotopic (exact) mass is 596 g/mol. The minimum atomic E-state index is 0.151.